The molecule has 0 aliphatic carbocycles. The number of aliphatic hydroxyl groups excluding tert-OH is 2. The van der Waals surface area contributed by atoms with Gasteiger partial charge in [-0.2, -0.15) is 0 Å². The Balaban J connectivity index is 2.43. The largest absolute Gasteiger partial charge is 0.394 e. The lowest BCUT2D eigenvalue weighted by Gasteiger charge is -2.18. The molecule has 0 aromatic carbocycles. The fraction of sp³-hybridized carbons (Fsp3) is 0.667. The van der Waals surface area contributed by atoms with Crippen molar-refractivity contribution in [3.05, 3.63) is 32.6 Å². The lowest BCUT2D eigenvalue weighted by atomic mass is 10.1. The summed E-state index contributed by atoms with van der Waals surface area (Å²) in [6.07, 6.45) is -0.593. The van der Waals surface area contributed by atoms with Gasteiger partial charge >= 0.3 is 5.69 Å². The molecule has 0 saturated carbocycles. The summed E-state index contributed by atoms with van der Waals surface area (Å²) < 4.78 is 6.58. The predicted octanol–water partition coefficient (Wildman–Crippen LogP) is -0.699. The third-order valence-electron chi connectivity index (χ3n) is 3.26. The molecule has 1 aromatic heterocycles. The van der Waals surface area contributed by atoms with Crippen LogP contribution in [0.2, 0.25) is 0 Å². The highest BCUT2D eigenvalue weighted by Crippen LogP contribution is 2.27. The smallest absolute Gasteiger partial charge is 0.330 e. The Morgan fingerprint density at radius 3 is 2.74 bits per heavy atom. The van der Waals surface area contributed by atoms with Crippen LogP contribution in [0.5, 0.6) is 0 Å². The third-order valence-corrected chi connectivity index (χ3v) is 3.26. The highest BCUT2D eigenvalue weighted by atomic mass is 16.5. The van der Waals surface area contributed by atoms with Gasteiger partial charge in [0.25, 0.3) is 5.56 Å². The Morgan fingerprint density at radius 2 is 2.21 bits per heavy atom. The zero-order valence-corrected chi connectivity index (χ0v) is 10.9. The molecule has 0 spiro atoms. The molecule has 0 radical (unpaired) electrons. The fourth-order valence-corrected chi connectivity index (χ4v) is 2.20. The van der Waals surface area contributed by atoms with E-state index in [1.165, 1.54) is 10.8 Å². The number of H-pyrrole nitrogens is 1. The Hall–Kier alpha value is -1.44. The first kappa shape index (κ1) is 14.0. The van der Waals surface area contributed by atoms with Crippen LogP contribution in [-0.4, -0.2) is 38.6 Å². The quantitative estimate of drug-likeness (QED) is 0.673. The molecule has 1 fully saturated rings. The van der Waals surface area contributed by atoms with Gasteiger partial charge in [-0.3, -0.25) is 14.3 Å². The van der Waals surface area contributed by atoms with Crippen molar-refractivity contribution in [2.75, 3.05) is 6.61 Å². The van der Waals surface area contributed by atoms with Crippen LogP contribution in [0.25, 0.3) is 0 Å². The van der Waals surface area contributed by atoms with Crippen molar-refractivity contribution in [3.63, 3.8) is 0 Å². The number of ether oxygens (including phenoxy) is 1. The fourth-order valence-electron chi connectivity index (χ4n) is 2.20. The topological polar surface area (TPSA) is 105 Å². The van der Waals surface area contributed by atoms with E-state index in [4.69, 9.17) is 9.84 Å². The molecule has 7 nitrogen and oxygen atoms in total. The molecule has 1 aliphatic heterocycles. The van der Waals surface area contributed by atoms with E-state index in [1.807, 2.05) is 13.8 Å². The van der Waals surface area contributed by atoms with Gasteiger partial charge in [0, 0.05) is 18.2 Å². The highest BCUT2D eigenvalue weighted by molar-refractivity contribution is 5.10. The number of aromatic nitrogens is 2. The van der Waals surface area contributed by atoms with Crippen molar-refractivity contribution >= 4 is 0 Å². The monoisotopic (exact) mass is 270 g/mol. The standard InChI is InChI=1S/C12H18N2O5/c1-6(2)8-4-14(12(18)13-10(8)17)11-9(16)3-7(5-15)19-11/h4,6-7,9,11,15-16H,3,5H2,1-2H3,(H,13,17,18)/t7-,9+,11+/m0/s1. The summed E-state index contributed by atoms with van der Waals surface area (Å²) in [6.45, 7) is 3.45. The first-order chi connectivity index (χ1) is 8.93. The summed E-state index contributed by atoms with van der Waals surface area (Å²) in [4.78, 5) is 25.7. The molecule has 106 valence electrons. The van der Waals surface area contributed by atoms with Crippen LogP contribution in [0.1, 0.15) is 38.0 Å². The van der Waals surface area contributed by atoms with Crippen LogP contribution in [0.4, 0.5) is 0 Å². The first-order valence-corrected chi connectivity index (χ1v) is 6.23. The SMILES string of the molecule is CC(C)c1cn([C@@H]2O[C@H](CO)C[C@H]2O)c(=O)[nH]c1=O. The highest BCUT2D eigenvalue weighted by Gasteiger charge is 2.35. The van der Waals surface area contributed by atoms with Crippen LogP contribution in [0.3, 0.4) is 0 Å². The van der Waals surface area contributed by atoms with Gasteiger partial charge in [0.15, 0.2) is 6.23 Å². The molecule has 7 heteroatoms. The summed E-state index contributed by atoms with van der Waals surface area (Å²) in [5.41, 5.74) is -0.609. The second-order valence-electron chi connectivity index (χ2n) is 5.04. The number of nitrogens with zero attached hydrogens (tertiary/aromatic N) is 1. The first-order valence-electron chi connectivity index (χ1n) is 6.23. The van der Waals surface area contributed by atoms with Crippen LogP contribution < -0.4 is 11.2 Å². The van der Waals surface area contributed by atoms with Gasteiger partial charge in [-0.25, -0.2) is 4.79 Å². The zero-order chi connectivity index (χ0) is 14.2. The molecule has 1 aliphatic rings. The molecule has 0 unspecified atom stereocenters. The van der Waals surface area contributed by atoms with Gasteiger partial charge in [-0.1, -0.05) is 13.8 Å². The van der Waals surface area contributed by atoms with Gasteiger partial charge < -0.3 is 14.9 Å². The Morgan fingerprint density at radius 1 is 1.53 bits per heavy atom. The Kier molecular flexibility index (Phi) is 3.88. The number of aromatic amines is 1. The summed E-state index contributed by atoms with van der Waals surface area (Å²) in [5, 5.41) is 18.9. The Labute approximate surface area is 109 Å². The van der Waals surface area contributed by atoms with Crippen molar-refractivity contribution in [1.29, 1.82) is 0 Å². The molecule has 2 heterocycles. The lowest BCUT2D eigenvalue weighted by Crippen LogP contribution is -2.37. The maximum Gasteiger partial charge on any atom is 0.330 e. The van der Waals surface area contributed by atoms with Crippen molar-refractivity contribution in [1.82, 2.24) is 9.55 Å². The molecule has 3 N–H and O–H groups in total. The van der Waals surface area contributed by atoms with Crippen LogP contribution in [0, 0.1) is 0 Å². The van der Waals surface area contributed by atoms with Gasteiger partial charge in [0.05, 0.1) is 12.7 Å². The second kappa shape index (κ2) is 5.28. The molecule has 19 heavy (non-hydrogen) atoms. The number of aliphatic hydroxyl groups is 2. The Bertz CT molecular complexity index is 562. The molecular weight excluding hydrogens is 252 g/mol. The lowest BCUT2D eigenvalue weighted by molar-refractivity contribution is -0.0532. The van der Waals surface area contributed by atoms with Crippen LogP contribution in [-0.2, 0) is 4.74 Å². The van der Waals surface area contributed by atoms with E-state index in [2.05, 4.69) is 4.98 Å². The van der Waals surface area contributed by atoms with Gasteiger partial charge in [-0.05, 0) is 5.92 Å². The molecule has 0 bridgehead atoms. The van der Waals surface area contributed by atoms with E-state index in [-0.39, 0.29) is 18.9 Å². The second-order valence-corrected chi connectivity index (χ2v) is 5.04. The molecule has 1 aromatic rings. The molecule has 1 saturated heterocycles. The average molecular weight is 270 g/mol. The molecule has 3 atom stereocenters. The van der Waals surface area contributed by atoms with E-state index < -0.39 is 29.7 Å². The average Bonchev–Trinajstić information content (AvgIpc) is 2.70. The third kappa shape index (κ3) is 2.63. The van der Waals surface area contributed by atoms with E-state index in [0.29, 0.717) is 5.56 Å². The van der Waals surface area contributed by atoms with Crippen molar-refractivity contribution in [3.8, 4) is 0 Å². The molecule has 2 rings (SSSR count). The number of hydrogen-bond acceptors (Lipinski definition) is 5. The summed E-state index contributed by atoms with van der Waals surface area (Å²) in [7, 11) is 0. The normalized spacial score (nSPS) is 27.1. The number of rotatable bonds is 3. The minimum Gasteiger partial charge on any atom is -0.394 e. The summed E-state index contributed by atoms with van der Waals surface area (Å²) >= 11 is 0. The van der Waals surface area contributed by atoms with Gasteiger partial charge in [-0.15, -0.1) is 0 Å². The van der Waals surface area contributed by atoms with Crippen LogP contribution >= 0.6 is 0 Å². The predicted molar refractivity (Wildman–Crippen MR) is 67.0 cm³/mol. The van der Waals surface area contributed by atoms with E-state index >= 15 is 0 Å². The minimum atomic E-state index is -0.888. The van der Waals surface area contributed by atoms with E-state index in [9.17, 15) is 14.7 Å². The maximum absolute atomic E-state index is 11.8. The van der Waals surface area contributed by atoms with Gasteiger partial charge in [0.1, 0.15) is 6.10 Å². The van der Waals surface area contributed by atoms with E-state index in [1.54, 1.807) is 0 Å². The zero-order valence-electron chi connectivity index (χ0n) is 10.9. The number of hydrogen-bond donors (Lipinski definition) is 3. The maximum atomic E-state index is 11.8. The van der Waals surface area contributed by atoms with Gasteiger partial charge in [0.2, 0.25) is 0 Å². The van der Waals surface area contributed by atoms with Crippen LogP contribution in [0.15, 0.2) is 15.8 Å². The number of nitrogens with one attached hydrogen (secondary N) is 1. The van der Waals surface area contributed by atoms with Crippen molar-refractivity contribution < 1.29 is 14.9 Å². The molecular formula is C12H18N2O5. The van der Waals surface area contributed by atoms with Crippen molar-refractivity contribution in [2.24, 2.45) is 0 Å². The summed E-state index contributed by atoms with van der Waals surface area (Å²) in [6, 6.07) is 0. The van der Waals surface area contributed by atoms with E-state index in [0.717, 1.165) is 0 Å². The summed E-state index contributed by atoms with van der Waals surface area (Å²) in [5.74, 6) is -0.0530. The molecule has 0 amide bonds. The minimum absolute atomic E-state index is 0.0530. The van der Waals surface area contributed by atoms with Crippen molar-refractivity contribution in [2.45, 2.75) is 44.6 Å².